The summed E-state index contributed by atoms with van der Waals surface area (Å²) in [7, 11) is 0. The van der Waals surface area contributed by atoms with Gasteiger partial charge >= 0.3 is 5.97 Å². The first-order valence-electron chi connectivity index (χ1n) is 10.2. The maximum atomic E-state index is 12.5. The number of Topliss-reactive ketones (excluding diaryl/α,β-unsaturated/α-hetero) is 1. The Morgan fingerprint density at radius 3 is 2.56 bits per heavy atom. The summed E-state index contributed by atoms with van der Waals surface area (Å²) >= 11 is 0. The Kier molecular flexibility index (Phi) is 4.06. The molecule has 0 amide bonds. The number of carbonyl (C=O) groups excluding carboxylic acids is 1. The highest BCUT2D eigenvalue weighted by molar-refractivity contribution is 5.87. The minimum absolute atomic E-state index is 0.115. The molecule has 4 fully saturated rings. The second kappa shape index (κ2) is 5.80. The van der Waals surface area contributed by atoms with E-state index >= 15 is 0 Å². The van der Waals surface area contributed by atoms with Gasteiger partial charge in [-0.05, 0) is 80.0 Å². The molecule has 0 aromatic rings. The quantitative estimate of drug-likeness (QED) is 0.798. The molecule has 4 heteroatoms. The van der Waals surface area contributed by atoms with Gasteiger partial charge in [0.25, 0.3) is 0 Å². The number of carbonyl (C=O) groups is 2. The number of carboxylic acids is 1. The second-order valence-corrected chi connectivity index (χ2v) is 9.95. The van der Waals surface area contributed by atoms with E-state index in [0.29, 0.717) is 23.5 Å². The van der Waals surface area contributed by atoms with Crippen LogP contribution in [-0.4, -0.2) is 28.1 Å². The van der Waals surface area contributed by atoms with Crippen LogP contribution >= 0.6 is 0 Å². The van der Waals surface area contributed by atoms with Crippen LogP contribution in [0.25, 0.3) is 0 Å². The Morgan fingerprint density at radius 2 is 1.84 bits per heavy atom. The molecule has 0 aliphatic heterocycles. The number of ketones is 1. The zero-order valence-electron chi connectivity index (χ0n) is 15.5. The first kappa shape index (κ1) is 17.5. The van der Waals surface area contributed by atoms with Crippen molar-refractivity contribution in [1.29, 1.82) is 0 Å². The lowest BCUT2D eigenvalue weighted by molar-refractivity contribution is -0.166. The number of aliphatic hydroxyl groups excluding tert-OH is 1. The molecule has 4 nitrogen and oxygen atoms in total. The van der Waals surface area contributed by atoms with E-state index < -0.39 is 5.97 Å². The normalized spacial score (nSPS) is 52.2. The summed E-state index contributed by atoms with van der Waals surface area (Å²) in [5.41, 5.74) is -0.0328. The third-order valence-corrected chi connectivity index (χ3v) is 8.96. The highest BCUT2D eigenvalue weighted by atomic mass is 16.4. The molecular weight excluding hydrogens is 316 g/mol. The molecule has 4 saturated carbocycles. The smallest absolute Gasteiger partial charge is 0.303 e. The molecule has 0 spiro atoms. The Labute approximate surface area is 150 Å². The van der Waals surface area contributed by atoms with E-state index in [2.05, 4.69) is 13.8 Å². The molecule has 0 heterocycles. The molecule has 25 heavy (non-hydrogen) atoms. The number of aliphatic carboxylic acids is 1. The third-order valence-electron chi connectivity index (χ3n) is 8.96. The number of rotatable bonds is 2. The zero-order chi connectivity index (χ0) is 18.0. The monoisotopic (exact) mass is 348 g/mol. The van der Waals surface area contributed by atoms with Gasteiger partial charge in [0, 0.05) is 18.3 Å². The van der Waals surface area contributed by atoms with Gasteiger partial charge in [0.1, 0.15) is 5.78 Å². The van der Waals surface area contributed by atoms with Crippen molar-refractivity contribution in [2.75, 3.05) is 0 Å². The van der Waals surface area contributed by atoms with Gasteiger partial charge in [0.15, 0.2) is 0 Å². The van der Waals surface area contributed by atoms with Crippen molar-refractivity contribution >= 4 is 11.8 Å². The molecular formula is C21H32O4. The van der Waals surface area contributed by atoms with Gasteiger partial charge in [0.2, 0.25) is 0 Å². The van der Waals surface area contributed by atoms with Gasteiger partial charge in [-0.25, -0.2) is 0 Å². The SMILES string of the molecule is C[C@]12CC[C@H](CC(=O)O)CC1[C@@H](O)CC1C2CC[C@]2(C)C(=O)CCC12. The van der Waals surface area contributed by atoms with E-state index in [9.17, 15) is 14.7 Å². The summed E-state index contributed by atoms with van der Waals surface area (Å²) in [4.78, 5) is 23.6. The molecule has 4 rings (SSSR count). The van der Waals surface area contributed by atoms with E-state index in [1.165, 1.54) is 0 Å². The van der Waals surface area contributed by atoms with E-state index in [1.54, 1.807) is 0 Å². The summed E-state index contributed by atoms with van der Waals surface area (Å²) in [5, 5.41) is 20.1. The van der Waals surface area contributed by atoms with Crippen molar-refractivity contribution in [2.45, 2.75) is 77.7 Å². The Bertz CT molecular complexity index is 586. The van der Waals surface area contributed by atoms with E-state index in [1.807, 2.05) is 0 Å². The van der Waals surface area contributed by atoms with Crippen molar-refractivity contribution in [3.63, 3.8) is 0 Å². The zero-order valence-corrected chi connectivity index (χ0v) is 15.5. The molecule has 0 saturated heterocycles. The highest BCUT2D eigenvalue weighted by Gasteiger charge is 2.62. The molecule has 8 atom stereocenters. The molecule has 4 unspecified atom stereocenters. The molecule has 140 valence electrons. The van der Waals surface area contributed by atoms with E-state index in [4.69, 9.17) is 5.11 Å². The minimum Gasteiger partial charge on any atom is -0.481 e. The van der Waals surface area contributed by atoms with Gasteiger partial charge < -0.3 is 10.2 Å². The van der Waals surface area contributed by atoms with E-state index in [-0.39, 0.29) is 35.2 Å². The summed E-state index contributed by atoms with van der Waals surface area (Å²) in [6, 6.07) is 0. The molecule has 0 bridgehead atoms. The van der Waals surface area contributed by atoms with Crippen LogP contribution in [0, 0.1) is 40.4 Å². The molecule has 4 aliphatic carbocycles. The Balaban J connectivity index is 1.59. The first-order chi connectivity index (χ1) is 11.8. The fraction of sp³-hybridized carbons (Fsp3) is 0.905. The van der Waals surface area contributed by atoms with Crippen LogP contribution in [0.3, 0.4) is 0 Å². The third kappa shape index (κ3) is 2.50. The van der Waals surface area contributed by atoms with Crippen LogP contribution in [-0.2, 0) is 9.59 Å². The summed E-state index contributed by atoms with van der Waals surface area (Å²) in [6.45, 7) is 4.53. The van der Waals surface area contributed by atoms with Gasteiger partial charge in [-0.2, -0.15) is 0 Å². The molecule has 0 radical (unpaired) electrons. The first-order valence-corrected chi connectivity index (χ1v) is 10.2. The highest BCUT2D eigenvalue weighted by Crippen LogP contribution is 2.66. The van der Waals surface area contributed by atoms with Crippen LogP contribution in [0.5, 0.6) is 0 Å². The van der Waals surface area contributed by atoms with Crippen molar-refractivity contribution in [1.82, 2.24) is 0 Å². The topological polar surface area (TPSA) is 74.6 Å². The van der Waals surface area contributed by atoms with Crippen molar-refractivity contribution < 1.29 is 19.8 Å². The van der Waals surface area contributed by atoms with Crippen molar-refractivity contribution in [2.24, 2.45) is 40.4 Å². The fourth-order valence-electron chi connectivity index (χ4n) is 7.59. The minimum atomic E-state index is -0.713. The number of aliphatic hydroxyl groups is 1. The van der Waals surface area contributed by atoms with Crippen molar-refractivity contribution in [3.8, 4) is 0 Å². The lowest BCUT2D eigenvalue weighted by Gasteiger charge is -2.61. The Morgan fingerprint density at radius 1 is 1.08 bits per heavy atom. The van der Waals surface area contributed by atoms with Crippen LogP contribution in [0.4, 0.5) is 0 Å². The number of hydrogen-bond acceptors (Lipinski definition) is 3. The van der Waals surface area contributed by atoms with E-state index in [0.717, 1.165) is 51.4 Å². The lowest BCUT2D eigenvalue weighted by Crippen LogP contribution is -2.57. The standard InChI is InChI=1S/C21H32O4/c1-20-7-5-12(10-19(24)25)9-16(20)17(22)11-13-14-3-4-18(23)21(14,2)8-6-15(13)20/h12-17,22H,3-11H2,1-2H3,(H,24,25)/t12-,13?,14?,15?,16?,17-,20+,21-/m0/s1. The second-order valence-electron chi connectivity index (χ2n) is 9.95. The van der Waals surface area contributed by atoms with Gasteiger partial charge in [-0.3, -0.25) is 9.59 Å². The lowest BCUT2D eigenvalue weighted by atomic mass is 9.44. The predicted octanol–water partition coefficient (Wildman–Crippen LogP) is 3.66. The largest absolute Gasteiger partial charge is 0.481 e. The average molecular weight is 348 g/mol. The predicted molar refractivity (Wildman–Crippen MR) is 93.9 cm³/mol. The van der Waals surface area contributed by atoms with Crippen LogP contribution in [0.1, 0.15) is 71.6 Å². The maximum absolute atomic E-state index is 12.5. The summed E-state index contributed by atoms with van der Waals surface area (Å²) < 4.78 is 0. The van der Waals surface area contributed by atoms with Gasteiger partial charge in [-0.1, -0.05) is 13.8 Å². The van der Waals surface area contributed by atoms with Gasteiger partial charge in [0.05, 0.1) is 6.10 Å². The Hall–Kier alpha value is -0.900. The fourth-order valence-corrected chi connectivity index (χ4v) is 7.59. The van der Waals surface area contributed by atoms with Crippen molar-refractivity contribution in [3.05, 3.63) is 0 Å². The van der Waals surface area contributed by atoms with Crippen LogP contribution < -0.4 is 0 Å². The van der Waals surface area contributed by atoms with Gasteiger partial charge in [-0.15, -0.1) is 0 Å². The summed E-state index contributed by atoms with van der Waals surface area (Å²) in [6.07, 6.45) is 7.42. The molecule has 4 aliphatic rings. The average Bonchev–Trinajstić information content (AvgIpc) is 2.84. The number of hydrogen-bond donors (Lipinski definition) is 2. The number of carboxylic acid groups (broad SMARTS) is 1. The number of fused-ring (bicyclic) bond motifs is 5. The van der Waals surface area contributed by atoms with Crippen LogP contribution in [0.15, 0.2) is 0 Å². The maximum Gasteiger partial charge on any atom is 0.303 e. The summed E-state index contributed by atoms with van der Waals surface area (Å²) in [5.74, 6) is 1.69. The molecule has 0 aromatic heterocycles. The van der Waals surface area contributed by atoms with Crippen LogP contribution in [0.2, 0.25) is 0 Å². The molecule has 2 N–H and O–H groups in total. The molecule has 0 aromatic carbocycles.